The van der Waals surface area contributed by atoms with Crippen molar-refractivity contribution in [3.05, 3.63) is 47.7 Å². The summed E-state index contributed by atoms with van der Waals surface area (Å²) in [5.41, 5.74) is -1.77. The average molecular weight is 421 g/mol. The normalized spacial score (nSPS) is 23.9. The van der Waals surface area contributed by atoms with E-state index in [0.717, 1.165) is 18.5 Å². The fourth-order valence-corrected chi connectivity index (χ4v) is 3.76. The molecular formula is C19H18F3N5O3. The fourth-order valence-electron chi connectivity index (χ4n) is 3.76. The van der Waals surface area contributed by atoms with Gasteiger partial charge in [0, 0.05) is 19.2 Å². The molecule has 1 amide bonds. The lowest BCUT2D eigenvalue weighted by Crippen LogP contribution is -2.68. The maximum atomic E-state index is 14.9. The first kappa shape index (κ1) is 20.1. The highest BCUT2D eigenvalue weighted by Crippen LogP contribution is 2.41. The lowest BCUT2D eigenvalue weighted by Gasteiger charge is -2.49. The Kier molecular flexibility index (Phi) is 5.06. The molecule has 0 aliphatic carbocycles. The van der Waals surface area contributed by atoms with E-state index in [2.05, 4.69) is 15.3 Å². The van der Waals surface area contributed by atoms with Gasteiger partial charge in [-0.2, -0.15) is 0 Å². The van der Waals surface area contributed by atoms with Crippen LogP contribution in [0.1, 0.15) is 24.1 Å². The molecule has 3 heterocycles. The van der Waals surface area contributed by atoms with E-state index in [1.54, 1.807) is 0 Å². The zero-order valence-electron chi connectivity index (χ0n) is 15.9. The van der Waals surface area contributed by atoms with Crippen LogP contribution in [0.25, 0.3) is 0 Å². The van der Waals surface area contributed by atoms with Crippen LogP contribution in [0.15, 0.2) is 30.6 Å². The first-order valence-corrected chi connectivity index (χ1v) is 9.12. The smallest absolute Gasteiger partial charge is 0.282 e. The molecule has 2 N–H and O–H groups in total. The van der Waals surface area contributed by atoms with Crippen molar-refractivity contribution in [2.75, 3.05) is 20.3 Å². The highest BCUT2D eigenvalue weighted by molar-refractivity contribution is 6.00. The lowest BCUT2D eigenvalue weighted by molar-refractivity contribution is -0.143. The minimum atomic E-state index is -2.82. The molecule has 2 atom stereocenters. The number of aromatic nitrogens is 2. The van der Waals surface area contributed by atoms with E-state index in [1.807, 2.05) is 0 Å². The van der Waals surface area contributed by atoms with Crippen LogP contribution >= 0.6 is 0 Å². The van der Waals surface area contributed by atoms with Crippen LogP contribution in [0.2, 0.25) is 0 Å². The summed E-state index contributed by atoms with van der Waals surface area (Å²) in [6, 6.07) is 3.81. The summed E-state index contributed by atoms with van der Waals surface area (Å²) < 4.78 is 51.7. The molecule has 2 aliphatic rings. The van der Waals surface area contributed by atoms with Crippen LogP contribution < -0.4 is 10.1 Å². The van der Waals surface area contributed by atoms with E-state index in [4.69, 9.17) is 14.9 Å². The number of nitrogens with zero attached hydrogens (tertiary/aromatic N) is 3. The third kappa shape index (κ3) is 3.34. The standard InChI is InChI=1S/C19H18F3N5O3/c1-27-17(28)11-4-5-29-9-19(11,26-18(27)23)12-6-10(2-3-13(12)20)30-15-8-24-7-14(25-15)16(21)22/h2-3,6-8,11,16H,4-5,9H2,1H3,(H2,23,26). The SMILES string of the molecule is CN1C(=N)NC2(c3cc(Oc4cncc(C(F)F)n4)ccc3F)COCCC2C1=O. The predicted octanol–water partition coefficient (Wildman–Crippen LogP) is 2.57. The van der Waals surface area contributed by atoms with Crippen molar-refractivity contribution >= 4 is 11.9 Å². The fraction of sp³-hybridized carbons (Fsp3) is 0.368. The Morgan fingerprint density at radius 3 is 2.97 bits per heavy atom. The van der Waals surface area contributed by atoms with Gasteiger partial charge in [-0.15, -0.1) is 0 Å². The maximum Gasteiger partial charge on any atom is 0.282 e. The highest BCUT2D eigenvalue weighted by Gasteiger charge is 2.53. The summed E-state index contributed by atoms with van der Waals surface area (Å²) in [6.45, 7) is 0.301. The third-order valence-corrected chi connectivity index (χ3v) is 5.28. The van der Waals surface area contributed by atoms with Crippen LogP contribution in [0.5, 0.6) is 11.6 Å². The molecule has 1 aromatic carbocycles. The molecule has 2 unspecified atom stereocenters. The van der Waals surface area contributed by atoms with E-state index in [9.17, 15) is 18.0 Å². The van der Waals surface area contributed by atoms with Gasteiger partial charge in [0.2, 0.25) is 11.8 Å². The van der Waals surface area contributed by atoms with Gasteiger partial charge in [0.25, 0.3) is 6.43 Å². The predicted molar refractivity (Wildman–Crippen MR) is 97.7 cm³/mol. The van der Waals surface area contributed by atoms with E-state index in [0.29, 0.717) is 13.0 Å². The largest absolute Gasteiger partial charge is 0.437 e. The van der Waals surface area contributed by atoms with E-state index in [1.165, 1.54) is 24.1 Å². The second kappa shape index (κ2) is 7.56. The average Bonchev–Trinajstić information content (AvgIpc) is 2.73. The molecule has 2 saturated heterocycles. The van der Waals surface area contributed by atoms with Crippen LogP contribution in [0.4, 0.5) is 13.2 Å². The number of hydrogen-bond donors (Lipinski definition) is 2. The molecule has 0 saturated carbocycles. The van der Waals surface area contributed by atoms with E-state index in [-0.39, 0.29) is 35.7 Å². The summed E-state index contributed by atoms with van der Waals surface area (Å²) in [5.74, 6) is -1.84. The van der Waals surface area contributed by atoms with Crippen LogP contribution in [0.3, 0.4) is 0 Å². The van der Waals surface area contributed by atoms with Gasteiger partial charge in [0.05, 0.1) is 24.9 Å². The number of ether oxygens (including phenoxy) is 2. The van der Waals surface area contributed by atoms with Gasteiger partial charge in [-0.3, -0.25) is 20.1 Å². The lowest BCUT2D eigenvalue weighted by atomic mass is 9.73. The minimum absolute atomic E-state index is 0.0271. The van der Waals surface area contributed by atoms with Crippen molar-refractivity contribution < 1.29 is 27.4 Å². The van der Waals surface area contributed by atoms with Gasteiger partial charge >= 0.3 is 0 Å². The zero-order chi connectivity index (χ0) is 21.5. The molecule has 0 bridgehead atoms. The molecule has 158 valence electrons. The monoisotopic (exact) mass is 421 g/mol. The molecule has 0 spiro atoms. The van der Waals surface area contributed by atoms with Gasteiger partial charge in [-0.05, 0) is 24.6 Å². The van der Waals surface area contributed by atoms with Crippen LogP contribution in [0, 0.1) is 17.1 Å². The van der Waals surface area contributed by atoms with Crippen molar-refractivity contribution in [2.45, 2.75) is 18.4 Å². The molecule has 2 aliphatic heterocycles. The number of guanidine groups is 1. The van der Waals surface area contributed by atoms with Gasteiger partial charge in [0.15, 0.2) is 5.96 Å². The molecule has 2 aromatic rings. The topological polar surface area (TPSA) is 100 Å². The Labute approximate surface area is 169 Å². The van der Waals surface area contributed by atoms with Crippen molar-refractivity contribution in [3.8, 4) is 11.6 Å². The summed E-state index contributed by atoms with van der Waals surface area (Å²) in [4.78, 5) is 21.3. The Morgan fingerprint density at radius 2 is 2.20 bits per heavy atom. The molecule has 8 nitrogen and oxygen atoms in total. The zero-order valence-corrected chi connectivity index (χ0v) is 15.9. The number of nitrogens with one attached hydrogen (secondary N) is 2. The van der Waals surface area contributed by atoms with Gasteiger partial charge in [-0.25, -0.2) is 18.2 Å². The first-order valence-electron chi connectivity index (χ1n) is 9.12. The summed E-state index contributed by atoms with van der Waals surface area (Å²) >= 11 is 0. The Hall–Kier alpha value is -3.21. The summed E-state index contributed by atoms with van der Waals surface area (Å²) in [7, 11) is 1.47. The number of rotatable bonds is 4. The van der Waals surface area contributed by atoms with E-state index < -0.39 is 29.4 Å². The van der Waals surface area contributed by atoms with Crippen molar-refractivity contribution in [1.82, 2.24) is 20.2 Å². The minimum Gasteiger partial charge on any atom is -0.437 e. The van der Waals surface area contributed by atoms with Crippen molar-refractivity contribution in [1.29, 1.82) is 5.41 Å². The third-order valence-electron chi connectivity index (χ3n) is 5.28. The number of halogens is 3. The van der Waals surface area contributed by atoms with E-state index >= 15 is 0 Å². The maximum absolute atomic E-state index is 14.9. The Bertz CT molecular complexity index is 1010. The summed E-state index contributed by atoms with van der Waals surface area (Å²) in [5, 5.41) is 11.0. The number of carbonyl (C=O) groups excluding carboxylic acids is 1. The highest BCUT2D eigenvalue weighted by atomic mass is 19.3. The number of benzene rings is 1. The summed E-state index contributed by atoms with van der Waals surface area (Å²) in [6.07, 6.45) is -0.386. The van der Waals surface area contributed by atoms with Crippen molar-refractivity contribution in [3.63, 3.8) is 0 Å². The number of alkyl halides is 2. The molecule has 2 fully saturated rings. The van der Waals surface area contributed by atoms with Gasteiger partial charge in [0.1, 0.15) is 22.8 Å². The quantitative estimate of drug-likeness (QED) is 0.787. The molecule has 4 rings (SSSR count). The van der Waals surface area contributed by atoms with Gasteiger partial charge < -0.3 is 14.8 Å². The Balaban J connectivity index is 1.73. The Morgan fingerprint density at radius 1 is 1.40 bits per heavy atom. The van der Waals surface area contributed by atoms with Crippen LogP contribution in [-0.4, -0.2) is 47.0 Å². The van der Waals surface area contributed by atoms with Gasteiger partial charge in [-0.1, -0.05) is 0 Å². The number of fused-ring (bicyclic) bond motifs is 1. The molecular weight excluding hydrogens is 403 g/mol. The molecule has 1 aromatic heterocycles. The second-order valence-electron chi connectivity index (χ2n) is 7.06. The second-order valence-corrected chi connectivity index (χ2v) is 7.06. The number of amides is 1. The molecule has 0 radical (unpaired) electrons. The molecule has 11 heteroatoms. The molecule has 30 heavy (non-hydrogen) atoms. The van der Waals surface area contributed by atoms with Crippen LogP contribution in [-0.2, 0) is 15.1 Å². The number of carbonyl (C=O) groups is 1. The van der Waals surface area contributed by atoms with Crippen molar-refractivity contribution in [2.24, 2.45) is 5.92 Å². The number of hydrogen-bond acceptors (Lipinski definition) is 6. The first-order chi connectivity index (χ1) is 14.3.